The van der Waals surface area contributed by atoms with E-state index in [0.29, 0.717) is 22.3 Å². The van der Waals surface area contributed by atoms with Crippen LogP contribution in [0.4, 0.5) is 5.69 Å². The number of hydrogen-bond donors (Lipinski definition) is 0. The lowest BCUT2D eigenvalue weighted by Crippen LogP contribution is -2.60. The maximum atomic E-state index is 13.8. The van der Waals surface area contributed by atoms with Crippen LogP contribution in [0.5, 0.6) is 0 Å². The molecule has 0 saturated heterocycles. The van der Waals surface area contributed by atoms with Crippen LogP contribution in [0.3, 0.4) is 0 Å². The fourth-order valence-electron chi connectivity index (χ4n) is 6.39. The third-order valence-electron chi connectivity index (χ3n) is 7.81. The second-order valence-corrected chi connectivity index (χ2v) is 10.4. The number of benzene rings is 3. The molecule has 0 atom stereocenters. The molecule has 3 aliphatic rings. The van der Waals surface area contributed by atoms with Gasteiger partial charge in [0.2, 0.25) is 0 Å². The molecule has 0 unspecified atom stereocenters. The molecule has 0 radical (unpaired) electrons. The molecule has 0 fully saturated rings. The van der Waals surface area contributed by atoms with Crippen molar-refractivity contribution in [3.8, 4) is 0 Å². The SMILES string of the molecule is CC1=CC(C)(C)N(C(C2C(=O)c3ccccc3C2=O)C2C(=O)c3ccccc3C2=O)c2ccccc21. The minimum atomic E-state index is -1.17. The van der Waals surface area contributed by atoms with Gasteiger partial charge in [0, 0.05) is 33.5 Å². The van der Waals surface area contributed by atoms with Gasteiger partial charge in [-0.05, 0) is 32.4 Å². The number of para-hydroxylation sites is 1. The van der Waals surface area contributed by atoms with E-state index in [4.69, 9.17) is 0 Å². The molecule has 1 heterocycles. The summed E-state index contributed by atoms with van der Waals surface area (Å²) in [6, 6.07) is 20.3. The van der Waals surface area contributed by atoms with Gasteiger partial charge in [0.05, 0.1) is 11.6 Å². The van der Waals surface area contributed by atoms with Gasteiger partial charge in [0.25, 0.3) is 0 Å². The molecule has 3 aromatic carbocycles. The number of Topliss-reactive ketones (excluding diaryl/α,β-unsaturated/α-hetero) is 4. The summed E-state index contributed by atoms with van der Waals surface area (Å²) < 4.78 is 0. The van der Waals surface area contributed by atoms with E-state index in [9.17, 15) is 19.2 Å². The summed E-state index contributed by atoms with van der Waals surface area (Å²) in [6.07, 6.45) is 2.08. The molecule has 0 bridgehead atoms. The lowest BCUT2D eigenvalue weighted by molar-refractivity contribution is 0.0718. The molecule has 0 spiro atoms. The van der Waals surface area contributed by atoms with Crippen molar-refractivity contribution in [1.82, 2.24) is 0 Å². The number of carbonyl (C=O) groups is 4. The predicted octanol–water partition coefficient (Wildman–Crippen LogP) is 5.45. The first-order valence-electron chi connectivity index (χ1n) is 12.2. The number of ketones is 4. The highest BCUT2D eigenvalue weighted by Gasteiger charge is 2.57. The Labute approximate surface area is 209 Å². The van der Waals surface area contributed by atoms with Crippen LogP contribution in [0.1, 0.15) is 67.8 Å². The van der Waals surface area contributed by atoms with Crippen LogP contribution in [0.15, 0.2) is 78.9 Å². The second-order valence-electron chi connectivity index (χ2n) is 10.4. The minimum Gasteiger partial charge on any atom is -0.357 e. The van der Waals surface area contributed by atoms with Crippen molar-refractivity contribution in [2.75, 3.05) is 4.90 Å². The van der Waals surface area contributed by atoms with Gasteiger partial charge in [0.1, 0.15) is 11.8 Å². The Balaban J connectivity index is 1.60. The molecule has 0 N–H and O–H groups in total. The first-order valence-corrected chi connectivity index (χ1v) is 12.2. The van der Waals surface area contributed by atoms with Gasteiger partial charge in [0.15, 0.2) is 23.1 Å². The van der Waals surface area contributed by atoms with Crippen molar-refractivity contribution in [2.45, 2.75) is 32.4 Å². The zero-order valence-corrected chi connectivity index (χ0v) is 20.3. The van der Waals surface area contributed by atoms with Gasteiger partial charge in [-0.25, -0.2) is 0 Å². The molecule has 0 amide bonds. The molecule has 36 heavy (non-hydrogen) atoms. The Morgan fingerprint density at radius 3 is 1.39 bits per heavy atom. The maximum absolute atomic E-state index is 13.8. The van der Waals surface area contributed by atoms with E-state index in [1.54, 1.807) is 48.5 Å². The van der Waals surface area contributed by atoms with E-state index in [1.807, 2.05) is 49.9 Å². The Kier molecular flexibility index (Phi) is 4.77. The first-order chi connectivity index (χ1) is 17.2. The number of fused-ring (bicyclic) bond motifs is 3. The summed E-state index contributed by atoms with van der Waals surface area (Å²) in [5.74, 6) is -3.69. The quantitative estimate of drug-likeness (QED) is 0.471. The Bertz CT molecular complexity index is 1380. The highest BCUT2D eigenvalue weighted by Crippen LogP contribution is 2.47. The first kappa shape index (κ1) is 22.4. The Morgan fingerprint density at radius 1 is 0.611 bits per heavy atom. The topological polar surface area (TPSA) is 71.5 Å². The van der Waals surface area contributed by atoms with Crippen LogP contribution in [0.2, 0.25) is 0 Å². The van der Waals surface area contributed by atoms with E-state index in [-0.39, 0.29) is 23.1 Å². The van der Waals surface area contributed by atoms with Crippen molar-refractivity contribution < 1.29 is 19.2 Å². The van der Waals surface area contributed by atoms with Crippen molar-refractivity contribution >= 4 is 34.4 Å². The third-order valence-corrected chi connectivity index (χ3v) is 7.81. The van der Waals surface area contributed by atoms with Gasteiger partial charge < -0.3 is 4.90 Å². The van der Waals surface area contributed by atoms with Crippen LogP contribution >= 0.6 is 0 Å². The zero-order chi connectivity index (χ0) is 25.4. The summed E-state index contributed by atoms with van der Waals surface area (Å²) in [7, 11) is 0. The summed E-state index contributed by atoms with van der Waals surface area (Å²) in [5.41, 5.74) is 3.54. The van der Waals surface area contributed by atoms with E-state index >= 15 is 0 Å². The van der Waals surface area contributed by atoms with E-state index in [0.717, 1.165) is 16.8 Å². The molecule has 6 rings (SSSR count). The highest BCUT2D eigenvalue weighted by molar-refractivity contribution is 6.31. The van der Waals surface area contributed by atoms with E-state index in [1.165, 1.54) is 0 Å². The molecule has 2 aliphatic carbocycles. The second kappa shape index (κ2) is 7.69. The predicted molar refractivity (Wildman–Crippen MR) is 138 cm³/mol. The smallest absolute Gasteiger partial charge is 0.176 e. The largest absolute Gasteiger partial charge is 0.357 e. The van der Waals surface area contributed by atoms with Crippen molar-refractivity contribution in [2.24, 2.45) is 11.8 Å². The van der Waals surface area contributed by atoms with E-state index < -0.39 is 23.4 Å². The summed E-state index contributed by atoms with van der Waals surface area (Å²) in [6.45, 7) is 6.01. The van der Waals surface area contributed by atoms with Crippen LogP contribution < -0.4 is 4.90 Å². The lowest BCUT2D eigenvalue weighted by atomic mass is 9.76. The summed E-state index contributed by atoms with van der Waals surface area (Å²) >= 11 is 0. The number of rotatable bonds is 3. The molecule has 3 aromatic rings. The van der Waals surface area contributed by atoms with Crippen molar-refractivity contribution in [3.63, 3.8) is 0 Å². The van der Waals surface area contributed by atoms with Crippen LogP contribution in [-0.2, 0) is 0 Å². The maximum Gasteiger partial charge on any atom is 0.176 e. The normalized spacial score (nSPS) is 19.0. The molecule has 1 aliphatic heterocycles. The standard InChI is InChI=1S/C31H25NO4/c1-17-16-31(2,3)32(23-15-9-8-10-18(17)23)26(24-27(33)19-11-4-5-12-20(19)28(24)34)25-29(35)21-13-6-7-14-22(21)30(25)36/h4-16,24-26H,1-3H3. The molecule has 178 valence electrons. The Morgan fingerprint density at radius 2 is 0.972 bits per heavy atom. The molecule has 5 heteroatoms. The number of carbonyl (C=O) groups excluding carboxylic acids is 4. The van der Waals surface area contributed by atoms with Crippen molar-refractivity contribution in [1.29, 1.82) is 0 Å². The molecule has 0 saturated carbocycles. The van der Waals surface area contributed by atoms with E-state index in [2.05, 4.69) is 6.08 Å². The highest BCUT2D eigenvalue weighted by atomic mass is 16.2. The summed E-state index contributed by atoms with van der Waals surface area (Å²) in [5, 5.41) is 0. The lowest BCUT2D eigenvalue weighted by Gasteiger charge is -2.50. The zero-order valence-electron chi connectivity index (χ0n) is 20.3. The average Bonchev–Trinajstić information content (AvgIpc) is 3.27. The number of anilines is 1. The van der Waals surface area contributed by atoms with Gasteiger partial charge >= 0.3 is 0 Å². The van der Waals surface area contributed by atoms with Crippen molar-refractivity contribution in [3.05, 3.63) is 107 Å². The molecule has 0 aromatic heterocycles. The Hall–Kier alpha value is -4.12. The summed E-state index contributed by atoms with van der Waals surface area (Å²) in [4.78, 5) is 57.3. The fourth-order valence-corrected chi connectivity index (χ4v) is 6.39. The molecule has 5 nitrogen and oxygen atoms in total. The minimum absolute atomic E-state index is 0.336. The van der Waals surface area contributed by atoms with Gasteiger partial charge in [-0.1, -0.05) is 72.8 Å². The van der Waals surface area contributed by atoms with Gasteiger partial charge in [-0.15, -0.1) is 0 Å². The van der Waals surface area contributed by atoms with Crippen LogP contribution in [0, 0.1) is 11.8 Å². The van der Waals surface area contributed by atoms with Gasteiger partial charge in [-0.2, -0.15) is 0 Å². The fraction of sp³-hybridized carbons (Fsp3) is 0.226. The molecular weight excluding hydrogens is 450 g/mol. The number of allylic oxidation sites excluding steroid dienone is 1. The number of hydrogen-bond acceptors (Lipinski definition) is 5. The third kappa shape index (κ3) is 2.95. The number of nitrogens with zero attached hydrogens (tertiary/aromatic N) is 1. The molecular formula is C31H25NO4. The monoisotopic (exact) mass is 475 g/mol. The van der Waals surface area contributed by atoms with Crippen LogP contribution in [0.25, 0.3) is 5.57 Å². The average molecular weight is 476 g/mol. The van der Waals surface area contributed by atoms with Crippen LogP contribution in [-0.4, -0.2) is 34.7 Å². The van der Waals surface area contributed by atoms with Gasteiger partial charge in [-0.3, -0.25) is 19.2 Å².